The molecule has 0 atom stereocenters. The summed E-state index contributed by atoms with van der Waals surface area (Å²) >= 11 is 0. The predicted octanol–water partition coefficient (Wildman–Crippen LogP) is 4.09. The van der Waals surface area contributed by atoms with Crippen LogP contribution in [0, 0.1) is 19.7 Å². The second-order valence-electron chi connectivity index (χ2n) is 8.02. The second kappa shape index (κ2) is 9.36. The number of nitrogens with zero attached hydrogens (tertiary/aromatic N) is 5. The Bertz CT molecular complexity index is 1270. The first-order valence-corrected chi connectivity index (χ1v) is 10.9. The number of aromatic nitrogens is 5. The number of hydrogen-bond donors (Lipinski definition) is 1. The molecule has 0 saturated carbocycles. The zero-order valence-electron chi connectivity index (χ0n) is 19.3. The normalized spacial score (nSPS) is 11.1. The molecule has 0 bridgehead atoms. The summed E-state index contributed by atoms with van der Waals surface area (Å²) in [6.45, 7) is 6.76. The quantitative estimate of drug-likeness (QED) is 0.464. The van der Waals surface area contributed by atoms with Crippen LogP contribution in [0.5, 0.6) is 0 Å². The first-order valence-electron chi connectivity index (χ1n) is 10.9. The van der Waals surface area contributed by atoms with E-state index in [0.29, 0.717) is 24.5 Å². The molecule has 0 saturated heterocycles. The molecule has 4 aromatic rings. The Morgan fingerprint density at radius 3 is 2.45 bits per heavy atom. The summed E-state index contributed by atoms with van der Waals surface area (Å²) in [5.41, 5.74) is 6.59. The minimum atomic E-state index is -0.294. The van der Waals surface area contributed by atoms with Crippen LogP contribution in [0.2, 0.25) is 0 Å². The molecule has 0 radical (unpaired) electrons. The number of nitrogens with one attached hydrogen (secondary N) is 1. The fraction of sp³-hybridized carbons (Fsp3) is 0.280. The Kier molecular flexibility index (Phi) is 6.35. The van der Waals surface area contributed by atoms with Crippen molar-refractivity contribution in [2.24, 2.45) is 7.05 Å². The van der Waals surface area contributed by atoms with Crippen LogP contribution >= 0.6 is 0 Å². The summed E-state index contributed by atoms with van der Waals surface area (Å²) in [5.74, 6) is -0.457. The van der Waals surface area contributed by atoms with Crippen LogP contribution in [0.4, 0.5) is 4.39 Å². The zero-order chi connectivity index (χ0) is 23.5. The molecule has 1 N–H and O–H groups in total. The summed E-state index contributed by atoms with van der Waals surface area (Å²) < 4.78 is 16.8. The van der Waals surface area contributed by atoms with Gasteiger partial charge in [-0.05, 0) is 62.2 Å². The van der Waals surface area contributed by atoms with Crippen LogP contribution in [0.1, 0.15) is 34.2 Å². The molecule has 0 aliphatic carbocycles. The lowest BCUT2D eigenvalue weighted by Gasteiger charge is -2.09. The summed E-state index contributed by atoms with van der Waals surface area (Å²) in [7, 11) is 1.78. The fourth-order valence-electron chi connectivity index (χ4n) is 3.87. The molecule has 1 aromatic carbocycles. The van der Waals surface area contributed by atoms with E-state index in [0.717, 1.165) is 40.2 Å². The van der Waals surface area contributed by atoms with Gasteiger partial charge in [-0.2, -0.15) is 10.2 Å². The molecule has 0 aliphatic heterocycles. The van der Waals surface area contributed by atoms with E-state index in [-0.39, 0.29) is 11.7 Å². The van der Waals surface area contributed by atoms with Gasteiger partial charge in [0.25, 0.3) is 5.91 Å². The minimum Gasteiger partial charge on any atom is -0.349 e. The minimum absolute atomic E-state index is 0.164. The zero-order valence-corrected chi connectivity index (χ0v) is 19.3. The van der Waals surface area contributed by atoms with Crippen molar-refractivity contribution in [1.29, 1.82) is 0 Å². The van der Waals surface area contributed by atoms with Crippen molar-refractivity contribution in [3.63, 3.8) is 0 Å². The molecule has 0 unspecified atom stereocenters. The molecule has 170 valence electrons. The molecule has 0 fully saturated rings. The number of rotatable bonds is 7. The summed E-state index contributed by atoms with van der Waals surface area (Å²) in [5, 5.41) is 12.1. The van der Waals surface area contributed by atoms with E-state index in [4.69, 9.17) is 5.10 Å². The molecule has 0 spiro atoms. The Morgan fingerprint density at radius 2 is 1.82 bits per heavy atom. The van der Waals surface area contributed by atoms with Gasteiger partial charge in [0.2, 0.25) is 0 Å². The number of benzene rings is 1. The fourth-order valence-corrected chi connectivity index (χ4v) is 3.87. The molecule has 8 heteroatoms. The van der Waals surface area contributed by atoms with Crippen LogP contribution in [0.3, 0.4) is 0 Å². The Labute approximate surface area is 192 Å². The Balaban J connectivity index is 1.57. The molecule has 1 amide bonds. The maximum absolute atomic E-state index is 13.4. The van der Waals surface area contributed by atoms with Crippen molar-refractivity contribution in [3.8, 4) is 22.6 Å². The third-order valence-electron chi connectivity index (χ3n) is 5.64. The van der Waals surface area contributed by atoms with Gasteiger partial charge in [-0.15, -0.1) is 0 Å². The van der Waals surface area contributed by atoms with Gasteiger partial charge >= 0.3 is 0 Å². The second-order valence-corrected chi connectivity index (χ2v) is 8.02. The van der Waals surface area contributed by atoms with E-state index >= 15 is 0 Å². The highest BCUT2D eigenvalue weighted by molar-refractivity contribution is 5.94. The van der Waals surface area contributed by atoms with Crippen LogP contribution in [0.15, 0.2) is 48.7 Å². The highest BCUT2D eigenvalue weighted by atomic mass is 19.1. The van der Waals surface area contributed by atoms with Gasteiger partial charge in [0.15, 0.2) is 0 Å². The van der Waals surface area contributed by atoms with E-state index in [1.54, 1.807) is 23.9 Å². The molecule has 3 heterocycles. The highest BCUT2D eigenvalue weighted by Crippen LogP contribution is 2.25. The number of pyridine rings is 1. The van der Waals surface area contributed by atoms with Crippen molar-refractivity contribution >= 4 is 5.91 Å². The maximum atomic E-state index is 13.4. The van der Waals surface area contributed by atoms with Crippen LogP contribution < -0.4 is 5.32 Å². The average Bonchev–Trinajstić information content (AvgIpc) is 3.35. The predicted molar refractivity (Wildman–Crippen MR) is 125 cm³/mol. The van der Waals surface area contributed by atoms with E-state index in [1.807, 2.05) is 49.8 Å². The number of halogens is 1. The highest BCUT2D eigenvalue weighted by Gasteiger charge is 2.18. The van der Waals surface area contributed by atoms with E-state index < -0.39 is 0 Å². The summed E-state index contributed by atoms with van der Waals surface area (Å²) in [6.07, 6.45) is 2.59. The van der Waals surface area contributed by atoms with Crippen molar-refractivity contribution in [1.82, 2.24) is 29.9 Å². The van der Waals surface area contributed by atoms with Gasteiger partial charge in [-0.3, -0.25) is 19.1 Å². The first-order chi connectivity index (χ1) is 15.9. The third kappa shape index (κ3) is 4.69. The first kappa shape index (κ1) is 22.4. The van der Waals surface area contributed by atoms with Crippen molar-refractivity contribution in [2.75, 3.05) is 6.54 Å². The molecule has 3 aromatic heterocycles. The van der Waals surface area contributed by atoms with Crippen LogP contribution in [-0.4, -0.2) is 37.0 Å². The number of carbonyl (C=O) groups is 1. The molecular formula is C25H27FN6O. The number of carbonyl (C=O) groups excluding carboxylic acids is 1. The summed E-state index contributed by atoms with van der Waals surface area (Å²) in [6, 6.07) is 12.1. The lowest BCUT2D eigenvalue weighted by atomic mass is 10.1. The van der Waals surface area contributed by atoms with Crippen molar-refractivity contribution < 1.29 is 9.18 Å². The SMILES string of the molecule is CCc1nn(C)c(C(=O)NCCn2nc(-c3ccc(F)cc3)cc2-c2ccc(C)cn2)c1C. The topological polar surface area (TPSA) is 77.6 Å². The Morgan fingerprint density at radius 1 is 1.06 bits per heavy atom. The van der Waals surface area contributed by atoms with Crippen LogP contribution in [0.25, 0.3) is 22.6 Å². The van der Waals surface area contributed by atoms with E-state index in [1.165, 1.54) is 12.1 Å². The van der Waals surface area contributed by atoms with E-state index in [2.05, 4.69) is 15.4 Å². The molecule has 4 rings (SSSR count). The Hall–Kier alpha value is -3.81. The number of amides is 1. The van der Waals surface area contributed by atoms with Crippen molar-refractivity contribution in [3.05, 3.63) is 77.0 Å². The monoisotopic (exact) mass is 446 g/mol. The average molecular weight is 447 g/mol. The van der Waals surface area contributed by atoms with Gasteiger partial charge in [0.1, 0.15) is 11.5 Å². The molecular weight excluding hydrogens is 419 g/mol. The lowest BCUT2D eigenvalue weighted by molar-refractivity contribution is 0.0942. The summed E-state index contributed by atoms with van der Waals surface area (Å²) in [4.78, 5) is 17.3. The maximum Gasteiger partial charge on any atom is 0.269 e. The van der Waals surface area contributed by atoms with Gasteiger partial charge in [-0.1, -0.05) is 13.0 Å². The lowest BCUT2D eigenvalue weighted by Crippen LogP contribution is -2.29. The van der Waals surface area contributed by atoms with Gasteiger partial charge in [0, 0.05) is 30.9 Å². The van der Waals surface area contributed by atoms with Gasteiger partial charge in [0.05, 0.1) is 29.3 Å². The van der Waals surface area contributed by atoms with E-state index in [9.17, 15) is 9.18 Å². The molecule has 0 aliphatic rings. The largest absolute Gasteiger partial charge is 0.349 e. The molecule has 7 nitrogen and oxygen atoms in total. The van der Waals surface area contributed by atoms with Crippen molar-refractivity contribution in [2.45, 2.75) is 33.7 Å². The third-order valence-corrected chi connectivity index (χ3v) is 5.64. The number of hydrogen-bond acceptors (Lipinski definition) is 4. The van der Waals surface area contributed by atoms with Gasteiger partial charge < -0.3 is 5.32 Å². The molecule has 33 heavy (non-hydrogen) atoms. The standard InChI is InChI=1S/C25H27FN6O/c1-5-20-17(3)24(31(4)29-20)25(33)27-12-13-32-23(21-11-6-16(2)15-28-21)14-22(30-32)18-7-9-19(26)10-8-18/h6-11,14-15H,5,12-13H2,1-4H3,(H,27,33). The number of aryl methyl sites for hydroxylation is 3. The van der Waals surface area contributed by atoms with Gasteiger partial charge in [-0.25, -0.2) is 4.39 Å². The smallest absolute Gasteiger partial charge is 0.269 e. The van der Waals surface area contributed by atoms with Crippen LogP contribution in [-0.2, 0) is 20.0 Å².